The molecule has 1 atom stereocenters. The molecule has 1 heterocycles. The summed E-state index contributed by atoms with van der Waals surface area (Å²) < 4.78 is 0.931. The van der Waals surface area contributed by atoms with E-state index in [1.54, 1.807) is 23.1 Å². The van der Waals surface area contributed by atoms with Crippen molar-refractivity contribution >= 4 is 62.2 Å². The molecule has 0 radical (unpaired) electrons. The minimum Gasteiger partial charge on any atom is -0.130 e. The van der Waals surface area contributed by atoms with E-state index in [0.29, 0.717) is 0 Å². The second kappa shape index (κ2) is 5.98. The standard InChI is InChI=1S/C12H9BrCl2S2/c1-16-8-4-2-7(3-5-8)11(15)10-6-9(14)12(13)17-10/h2-6,11H,1H3. The van der Waals surface area contributed by atoms with Crippen molar-refractivity contribution in [3.05, 3.63) is 49.6 Å². The van der Waals surface area contributed by atoms with Gasteiger partial charge >= 0.3 is 0 Å². The molecule has 0 fully saturated rings. The molecule has 0 aliphatic heterocycles. The molecule has 0 saturated heterocycles. The zero-order valence-electron chi connectivity index (χ0n) is 8.91. The SMILES string of the molecule is CSc1ccc(C(Cl)c2cc(Cl)c(Br)s2)cc1. The Hall–Kier alpha value is 0.330. The molecule has 0 aliphatic rings. The Balaban J connectivity index is 2.26. The van der Waals surface area contributed by atoms with Gasteiger partial charge in [0.25, 0.3) is 0 Å². The molecule has 2 aromatic rings. The van der Waals surface area contributed by atoms with E-state index in [2.05, 4.69) is 46.5 Å². The lowest BCUT2D eigenvalue weighted by atomic mass is 10.1. The molecule has 0 nitrogen and oxygen atoms in total. The van der Waals surface area contributed by atoms with Gasteiger partial charge in [-0.15, -0.1) is 34.7 Å². The van der Waals surface area contributed by atoms with Crippen LogP contribution in [0.5, 0.6) is 0 Å². The first-order valence-corrected chi connectivity index (χ1v) is 8.49. The van der Waals surface area contributed by atoms with Gasteiger partial charge in [-0.1, -0.05) is 23.7 Å². The number of hydrogen-bond acceptors (Lipinski definition) is 2. The molecule has 5 heteroatoms. The normalized spacial score (nSPS) is 12.7. The minimum atomic E-state index is -0.139. The summed E-state index contributed by atoms with van der Waals surface area (Å²) in [6.45, 7) is 0. The molecule has 0 amide bonds. The van der Waals surface area contributed by atoms with Crippen LogP contribution in [0.25, 0.3) is 0 Å². The highest BCUT2D eigenvalue weighted by Crippen LogP contribution is 2.40. The van der Waals surface area contributed by atoms with E-state index < -0.39 is 0 Å². The lowest BCUT2D eigenvalue weighted by Gasteiger charge is -2.07. The van der Waals surface area contributed by atoms with E-state index in [1.165, 1.54) is 4.90 Å². The molecule has 0 bridgehead atoms. The van der Waals surface area contributed by atoms with Crippen molar-refractivity contribution in [1.82, 2.24) is 0 Å². The van der Waals surface area contributed by atoms with Gasteiger partial charge in [-0.05, 0) is 45.9 Å². The summed E-state index contributed by atoms with van der Waals surface area (Å²) in [5.41, 5.74) is 1.09. The summed E-state index contributed by atoms with van der Waals surface area (Å²) in [6.07, 6.45) is 2.06. The Morgan fingerprint density at radius 3 is 2.41 bits per heavy atom. The van der Waals surface area contributed by atoms with Gasteiger partial charge in [0.05, 0.1) is 14.2 Å². The molecule has 1 aromatic heterocycles. The molecule has 90 valence electrons. The molecule has 0 N–H and O–H groups in total. The topological polar surface area (TPSA) is 0 Å². The number of benzene rings is 1. The first-order valence-electron chi connectivity index (χ1n) is 4.84. The van der Waals surface area contributed by atoms with Gasteiger partial charge in [-0.25, -0.2) is 0 Å². The van der Waals surface area contributed by atoms with Crippen molar-refractivity contribution in [3.8, 4) is 0 Å². The number of alkyl halides is 1. The Labute approximate surface area is 127 Å². The Morgan fingerprint density at radius 2 is 1.94 bits per heavy atom. The zero-order valence-corrected chi connectivity index (χ0v) is 13.6. The lowest BCUT2D eigenvalue weighted by Crippen LogP contribution is -1.89. The number of thioether (sulfide) groups is 1. The predicted octanol–water partition coefficient (Wildman–Crippen LogP) is 6.21. The fraction of sp³-hybridized carbons (Fsp3) is 0.167. The summed E-state index contributed by atoms with van der Waals surface area (Å²) in [7, 11) is 0. The monoisotopic (exact) mass is 366 g/mol. The van der Waals surface area contributed by atoms with E-state index in [-0.39, 0.29) is 5.38 Å². The van der Waals surface area contributed by atoms with Gasteiger partial charge in [-0.2, -0.15) is 0 Å². The van der Waals surface area contributed by atoms with Crippen LogP contribution < -0.4 is 0 Å². The fourth-order valence-corrected chi connectivity index (χ4v) is 3.93. The second-order valence-corrected chi connectivity index (χ2v) is 7.53. The highest BCUT2D eigenvalue weighted by atomic mass is 79.9. The molecule has 1 aromatic carbocycles. The number of thiophene rings is 1. The highest BCUT2D eigenvalue weighted by molar-refractivity contribution is 9.11. The van der Waals surface area contributed by atoms with Crippen molar-refractivity contribution < 1.29 is 0 Å². The first kappa shape index (κ1) is 13.8. The maximum atomic E-state index is 6.44. The molecule has 0 aliphatic carbocycles. The number of hydrogen-bond donors (Lipinski definition) is 0. The van der Waals surface area contributed by atoms with Crippen LogP contribution in [0, 0.1) is 0 Å². The van der Waals surface area contributed by atoms with E-state index in [9.17, 15) is 0 Å². The van der Waals surface area contributed by atoms with Crippen molar-refractivity contribution in [2.75, 3.05) is 6.26 Å². The van der Waals surface area contributed by atoms with Crippen LogP contribution >= 0.6 is 62.2 Å². The summed E-state index contributed by atoms with van der Waals surface area (Å²) in [5, 5.41) is 0.580. The summed E-state index contributed by atoms with van der Waals surface area (Å²) in [6, 6.07) is 10.2. The third-order valence-electron chi connectivity index (χ3n) is 2.32. The van der Waals surface area contributed by atoms with E-state index >= 15 is 0 Å². The molecule has 17 heavy (non-hydrogen) atoms. The Bertz CT molecular complexity index is 488. The average Bonchev–Trinajstić information content (AvgIpc) is 2.69. The van der Waals surface area contributed by atoms with Gasteiger partial charge in [0.2, 0.25) is 0 Å². The van der Waals surface area contributed by atoms with Crippen LogP contribution in [0.3, 0.4) is 0 Å². The highest BCUT2D eigenvalue weighted by Gasteiger charge is 2.15. The second-order valence-electron chi connectivity index (χ2n) is 3.41. The van der Waals surface area contributed by atoms with E-state index in [1.807, 2.05) is 6.07 Å². The third kappa shape index (κ3) is 3.21. The van der Waals surface area contributed by atoms with E-state index in [0.717, 1.165) is 19.2 Å². The predicted molar refractivity (Wildman–Crippen MR) is 82.9 cm³/mol. The van der Waals surface area contributed by atoms with Crippen LogP contribution in [0.15, 0.2) is 39.0 Å². The summed E-state index contributed by atoms with van der Waals surface area (Å²) in [4.78, 5) is 2.29. The first-order chi connectivity index (χ1) is 8.11. The van der Waals surface area contributed by atoms with Crippen molar-refractivity contribution in [2.24, 2.45) is 0 Å². The number of halogens is 3. The van der Waals surface area contributed by atoms with Crippen molar-refractivity contribution in [1.29, 1.82) is 0 Å². The largest absolute Gasteiger partial charge is 0.130 e. The van der Waals surface area contributed by atoms with Gasteiger partial charge in [-0.3, -0.25) is 0 Å². The van der Waals surface area contributed by atoms with Gasteiger partial charge < -0.3 is 0 Å². The van der Waals surface area contributed by atoms with Crippen LogP contribution in [-0.4, -0.2) is 6.26 Å². The zero-order chi connectivity index (χ0) is 12.4. The minimum absolute atomic E-state index is 0.139. The van der Waals surface area contributed by atoms with Crippen molar-refractivity contribution in [2.45, 2.75) is 10.3 Å². The Morgan fingerprint density at radius 1 is 1.29 bits per heavy atom. The lowest BCUT2D eigenvalue weighted by molar-refractivity contribution is 1.17. The Kier molecular flexibility index (Phi) is 4.84. The molecule has 0 saturated carbocycles. The van der Waals surface area contributed by atoms with Crippen LogP contribution in [0.1, 0.15) is 15.8 Å². The molecule has 0 spiro atoms. The van der Waals surface area contributed by atoms with Crippen molar-refractivity contribution in [3.63, 3.8) is 0 Å². The molecule has 1 unspecified atom stereocenters. The van der Waals surface area contributed by atoms with Crippen LogP contribution in [0.4, 0.5) is 0 Å². The van der Waals surface area contributed by atoms with Crippen LogP contribution in [-0.2, 0) is 0 Å². The quantitative estimate of drug-likeness (QED) is 0.458. The number of rotatable bonds is 3. The molecular formula is C12H9BrCl2S2. The van der Waals surface area contributed by atoms with Crippen LogP contribution in [0.2, 0.25) is 5.02 Å². The average molecular weight is 368 g/mol. The smallest absolute Gasteiger partial charge is 0.0928 e. The fourth-order valence-electron chi connectivity index (χ4n) is 1.43. The summed E-state index contributed by atoms with van der Waals surface area (Å²) >= 11 is 19.1. The van der Waals surface area contributed by atoms with Gasteiger partial charge in [0, 0.05) is 9.77 Å². The van der Waals surface area contributed by atoms with Gasteiger partial charge in [0.15, 0.2) is 0 Å². The van der Waals surface area contributed by atoms with Gasteiger partial charge in [0.1, 0.15) is 0 Å². The maximum absolute atomic E-state index is 6.44. The van der Waals surface area contributed by atoms with E-state index in [4.69, 9.17) is 23.2 Å². The molecular weight excluding hydrogens is 359 g/mol. The maximum Gasteiger partial charge on any atom is 0.0928 e. The molecule has 2 rings (SSSR count). The third-order valence-corrected chi connectivity index (χ3v) is 6.22. The summed E-state index contributed by atoms with van der Waals surface area (Å²) in [5.74, 6) is 0.